The van der Waals surface area contributed by atoms with Crippen molar-refractivity contribution in [3.8, 4) is 20.9 Å². The van der Waals surface area contributed by atoms with E-state index in [4.69, 9.17) is 9.47 Å². The van der Waals surface area contributed by atoms with Crippen LogP contribution in [0.4, 0.5) is 0 Å². The van der Waals surface area contributed by atoms with Crippen molar-refractivity contribution in [2.45, 2.75) is 155 Å². The predicted molar refractivity (Wildman–Crippen MR) is 241 cm³/mol. The highest BCUT2D eigenvalue weighted by Gasteiger charge is 2.06. The molecule has 0 aliphatic rings. The summed E-state index contributed by atoms with van der Waals surface area (Å²) in [5.74, 6) is 0. The van der Waals surface area contributed by atoms with Gasteiger partial charge in [-0.15, -0.1) is 22.7 Å². The smallest absolute Gasteiger partial charge is 0.0514 e. The molecule has 2 aromatic carbocycles. The Morgan fingerprint density at radius 3 is 1.06 bits per heavy atom. The normalized spacial score (nSPS) is 11.7. The highest BCUT2D eigenvalue weighted by Crippen LogP contribution is 2.30. The Hall–Kier alpha value is -2.50. The second-order valence-electron chi connectivity index (χ2n) is 15.2. The van der Waals surface area contributed by atoms with Crippen molar-refractivity contribution >= 4 is 34.8 Å². The fourth-order valence-corrected chi connectivity index (χ4v) is 8.96. The topological polar surface area (TPSA) is 18.5 Å². The molecule has 2 nitrogen and oxygen atoms in total. The van der Waals surface area contributed by atoms with Crippen LogP contribution in [0.15, 0.2) is 72.8 Å². The van der Waals surface area contributed by atoms with Gasteiger partial charge in [0.25, 0.3) is 0 Å². The standard InChI is InChI=1S/C50H72O2S2/c1-3-5-7-9-11-13-15-17-19-21-39-51-41-37-47-33-35-49(53-47)45-29-25-43(26-30-45)23-24-44-27-31-46(32-28-44)50-36-34-48(54-50)38-42-52-40-22-20-18-16-14-12-10-8-6-4-2/h23-36H,3-22,37-42H2,1-2H3/b24-23+. The molecule has 0 amide bonds. The van der Waals surface area contributed by atoms with Gasteiger partial charge < -0.3 is 9.47 Å². The number of rotatable bonds is 32. The van der Waals surface area contributed by atoms with Crippen LogP contribution in [0.1, 0.15) is 163 Å². The highest BCUT2D eigenvalue weighted by molar-refractivity contribution is 7.15. The van der Waals surface area contributed by atoms with E-state index in [1.807, 2.05) is 22.7 Å². The number of unbranched alkanes of at least 4 members (excludes halogenated alkanes) is 18. The number of benzene rings is 2. The maximum Gasteiger partial charge on any atom is 0.0514 e. The van der Waals surface area contributed by atoms with Crippen LogP contribution in [0.25, 0.3) is 33.0 Å². The summed E-state index contributed by atoms with van der Waals surface area (Å²) in [4.78, 5) is 5.48. The van der Waals surface area contributed by atoms with Gasteiger partial charge in [0.05, 0.1) is 13.2 Å². The van der Waals surface area contributed by atoms with E-state index in [1.54, 1.807) is 0 Å². The molecule has 0 bridgehead atoms. The number of hydrogen-bond acceptors (Lipinski definition) is 4. The summed E-state index contributed by atoms with van der Waals surface area (Å²) in [6, 6.07) is 27.0. The first-order valence-corrected chi connectivity index (χ1v) is 23.6. The first-order chi connectivity index (χ1) is 26.7. The van der Waals surface area contributed by atoms with Crippen LogP contribution in [0.3, 0.4) is 0 Å². The predicted octanol–water partition coefficient (Wildman–Crippen LogP) is 16.3. The van der Waals surface area contributed by atoms with Crippen LogP contribution in [0.5, 0.6) is 0 Å². The molecule has 0 aliphatic carbocycles. The van der Waals surface area contributed by atoms with Crippen molar-refractivity contribution in [2.24, 2.45) is 0 Å². The molecular weight excluding hydrogens is 697 g/mol. The Balaban J connectivity index is 1.06. The minimum atomic E-state index is 0.825. The minimum absolute atomic E-state index is 0.825. The summed E-state index contributed by atoms with van der Waals surface area (Å²) < 4.78 is 11.9. The summed E-state index contributed by atoms with van der Waals surface area (Å²) in [6.07, 6.45) is 33.8. The van der Waals surface area contributed by atoms with Gasteiger partial charge in [-0.25, -0.2) is 0 Å². The van der Waals surface area contributed by atoms with Crippen molar-refractivity contribution < 1.29 is 9.47 Å². The Morgan fingerprint density at radius 2 is 0.704 bits per heavy atom. The maximum absolute atomic E-state index is 5.97. The number of thiophene rings is 2. The van der Waals surface area contributed by atoms with Gasteiger partial charge in [-0.3, -0.25) is 0 Å². The van der Waals surface area contributed by atoms with E-state index in [-0.39, 0.29) is 0 Å². The average Bonchev–Trinajstić information content (AvgIpc) is 3.88. The molecule has 0 unspecified atom stereocenters. The Bertz CT molecular complexity index is 1380. The van der Waals surface area contributed by atoms with Gasteiger partial charge in [0.1, 0.15) is 0 Å². The Morgan fingerprint density at radius 1 is 0.370 bits per heavy atom. The molecule has 0 saturated carbocycles. The van der Waals surface area contributed by atoms with Crippen LogP contribution in [-0.2, 0) is 22.3 Å². The lowest BCUT2D eigenvalue weighted by Crippen LogP contribution is -1.99. The lowest BCUT2D eigenvalue weighted by atomic mass is 10.1. The van der Waals surface area contributed by atoms with Crippen LogP contribution in [-0.4, -0.2) is 26.4 Å². The molecule has 4 rings (SSSR count). The molecule has 0 fully saturated rings. The molecule has 0 aliphatic heterocycles. The summed E-state index contributed by atoms with van der Waals surface area (Å²) in [5, 5.41) is 0. The van der Waals surface area contributed by atoms with Crippen molar-refractivity contribution in [1.82, 2.24) is 0 Å². The summed E-state index contributed by atoms with van der Waals surface area (Å²) in [5.41, 5.74) is 5.02. The van der Waals surface area contributed by atoms with Gasteiger partial charge in [0.15, 0.2) is 0 Å². The third-order valence-corrected chi connectivity index (χ3v) is 12.8. The number of ether oxygens (including phenoxy) is 2. The Kier molecular flexibility index (Phi) is 23.6. The molecular formula is C50H72O2S2. The van der Waals surface area contributed by atoms with Gasteiger partial charge in [-0.1, -0.05) is 190 Å². The second-order valence-corrected chi connectivity index (χ2v) is 17.5. The van der Waals surface area contributed by atoms with E-state index >= 15 is 0 Å². The molecule has 0 atom stereocenters. The average molecular weight is 769 g/mol. The number of hydrogen-bond donors (Lipinski definition) is 0. The van der Waals surface area contributed by atoms with Crippen molar-refractivity contribution in [1.29, 1.82) is 0 Å². The summed E-state index contributed by atoms with van der Waals surface area (Å²) in [7, 11) is 0. The molecule has 2 heterocycles. The molecule has 2 aromatic heterocycles. The van der Waals surface area contributed by atoms with Crippen molar-refractivity contribution in [3.05, 3.63) is 93.7 Å². The van der Waals surface area contributed by atoms with Crippen LogP contribution >= 0.6 is 22.7 Å². The quantitative estimate of drug-likeness (QED) is 0.0364. The van der Waals surface area contributed by atoms with Crippen LogP contribution in [0.2, 0.25) is 0 Å². The Labute approximate surface area is 338 Å². The minimum Gasteiger partial charge on any atom is -0.381 e. The van der Waals surface area contributed by atoms with E-state index in [2.05, 4.69) is 98.8 Å². The van der Waals surface area contributed by atoms with Gasteiger partial charge in [-0.2, -0.15) is 0 Å². The third-order valence-electron chi connectivity index (χ3n) is 10.5. The van der Waals surface area contributed by atoms with Gasteiger partial charge in [-0.05, 0) is 59.4 Å². The zero-order chi connectivity index (χ0) is 37.7. The van der Waals surface area contributed by atoms with Crippen LogP contribution < -0.4 is 0 Å². The molecule has 54 heavy (non-hydrogen) atoms. The van der Waals surface area contributed by atoms with E-state index in [0.717, 1.165) is 39.3 Å². The fourth-order valence-electron chi connectivity index (χ4n) is 6.98. The zero-order valence-electron chi connectivity index (χ0n) is 34.1. The third kappa shape index (κ3) is 18.9. The lowest BCUT2D eigenvalue weighted by Gasteiger charge is -2.04. The van der Waals surface area contributed by atoms with E-state index < -0.39 is 0 Å². The molecule has 0 radical (unpaired) electrons. The highest BCUT2D eigenvalue weighted by atomic mass is 32.1. The molecule has 0 saturated heterocycles. The second kappa shape index (κ2) is 28.8. The van der Waals surface area contributed by atoms with E-state index in [9.17, 15) is 0 Å². The van der Waals surface area contributed by atoms with E-state index in [0.29, 0.717) is 0 Å². The van der Waals surface area contributed by atoms with Gasteiger partial charge in [0, 0.05) is 45.6 Å². The zero-order valence-corrected chi connectivity index (χ0v) is 35.7. The first kappa shape index (κ1) is 44.2. The molecule has 4 aromatic rings. The largest absolute Gasteiger partial charge is 0.381 e. The molecule has 0 spiro atoms. The van der Waals surface area contributed by atoms with Gasteiger partial charge >= 0.3 is 0 Å². The van der Waals surface area contributed by atoms with Crippen molar-refractivity contribution in [3.63, 3.8) is 0 Å². The fraction of sp³-hybridized carbons (Fsp3) is 0.560. The SMILES string of the molecule is CCCCCCCCCCCCOCCc1ccc(-c2ccc(/C=C/c3ccc(-c4ccc(CCOCCCCCCCCCCCC)s4)cc3)cc2)s1. The van der Waals surface area contributed by atoms with Crippen LogP contribution in [0, 0.1) is 0 Å². The lowest BCUT2D eigenvalue weighted by molar-refractivity contribution is 0.133. The summed E-state index contributed by atoms with van der Waals surface area (Å²) in [6.45, 7) is 8.03. The van der Waals surface area contributed by atoms with Gasteiger partial charge in [0.2, 0.25) is 0 Å². The summed E-state index contributed by atoms with van der Waals surface area (Å²) >= 11 is 3.79. The molecule has 0 N–H and O–H groups in total. The molecule has 296 valence electrons. The monoisotopic (exact) mass is 768 g/mol. The van der Waals surface area contributed by atoms with E-state index in [1.165, 1.54) is 170 Å². The molecule has 4 heteroatoms. The maximum atomic E-state index is 5.97. The van der Waals surface area contributed by atoms with Crippen molar-refractivity contribution in [2.75, 3.05) is 26.4 Å². The first-order valence-electron chi connectivity index (χ1n) is 22.0.